The standard InChI is InChI=1S/C18H14Cl2FN3O3/c1-10(16-12(19)6-7-13(21)17(16)20)27-15(25)8-9-24-18(26)11-4-2-3-5-14(11)22-23-24/h2-7,10H,8-9H2,1H3. The molecule has 0 N–H and O–H groups in total. The van der Waals surface area contributed by atoms with Gasteiger partial charge in [-0.05, 0) is 31.2 Å². The van der Waals surface area contributed by atoms with Crippen molar-refractivity contribution in [3.05, 3.63) is 68.2 Å². The Morgan fingerprint density at radius 3 is 2.78 bits per heavy atom. The zero-order valence-corrected chi connectivity index (χ0v) is 15.7. The van der Waals surface area contributed by atoms with Crippen molar-refractivity contribution >= 4 is 40.1 Å². The highest BCUT2D eigenvalue weighted by Gasteiger charge is 2.20. The van der Waals surface area contributed by atoms with Gasteiger partial charge in [-0.15, -0.1) is 5.10 Å². The highest BCUT2D eigenvalue weighted by molar-refractivity contribution is 6.36. The summed E-state index contributed by atoms with van der Waals surface area (Å²) < 4.78 is 20.0. The molecule has 0 aliphatic heterocycles. The molecule has 3 rings (SSSR count). The number of ether oxygens (including phenoxy) is 1. The van der Waals surface area contributed by atoms with Gasteiger partial charge in [-0.25, -0.2) is 9.07 Å². The van der Waals surface area contributed by atoms with E-state index >= 15 is 0 Å². The Balaban J connectivity index is 1.69. The summed E-state index contributed by atoms with van der Waals surface area (Å²) in [5.41, 5.74) is 0.317. The first-order chi connectivity index (χ1) is 12.9. The van der Waals surface area contributed by atoms with Crippen LogP contribution in [0.15, 0.2) is 41.2 Å². The van der Waals surface area contributed by atoms with Crippen molar-refractivity contribution in [3.63, 3.8) is 0 Å². The Morgan fingerprint density at radius 2 is 2.00 bits per heavy atom. The Morgan fingerprint density at radius 1 is 1.26 bits per heavy atom. The van der Waals surface area contributed by atoms with E-state index in [9.17, 15) is 14.0 Å². The largest absolute Gasteiger partial charge is 0.458 e. The number of hydrogen-bond donors (Lipinski definition) is 0. The van der Waals surface area contributed by atoms with E-state index in [0.29, 0.717) is 10.9 Å². The lowest BCUT2D eigenvalue weighted by atomic mass is 10.1. The van der Waals surface area contributed by atoms with Gasteiger partial charge in [0.2, 0.25) is 0 Å². The molecule has 1 aromatic heterocycles. The fraction of sp³-hybridized carbons (Fsp3) is 0.222. The summed E-state index contributed by atoms with van der Waals surface area (Å²) in [6.07, 6.45) is -0.977. The van der Waals surface area contributed by atoms with Crippen LogP contribution in [-0.4, -0.2) is 21.0 Å². The van der Waals surface area contributed by atoms with E-state index in [2.05, 4.69) is 10.3 Å². The van der Waals surface area contributed by atoms with Crippen molar-refractivity contribution in [1.82, 2.24) is 15.0 Å². The lowest BCUT2D eigenvalue weighted by molar-refractivity contribution is -0.148. The van der Waals surface area contributed by atoms with Crippen molar-refractivity contribution in [3.8, 4) is 0 Å². The van der Waals surface area contributed by atoms with E-state index in [1.165, 1.54) is 13.0 Å². The van der Waals surface area contributed by atoms with Crippen LogP contribution in [-0.2, 0) is 16.1 Å². The van der Waals surface area contributed by atoms with Gasteiger partial charge in [-0.2, -0.15) is 0 Å². The molecule has 2 aromatic carbocycles. The smallest absolute Gasteiger partial charge is 0.308 e. The summed E-state index contributed by atoms with van der Waals surface area (Å²) >= 11 is 11.9. The van der Waals surface area contributed by atoms with E-state index in [1.54, 1.807) is 24.3 Å². The van der Waals surface area contributed by atoms with Gasteiger partial charge in [0.1, 0.15) is 17.4 Å². The zero-order valence-electron chi connectivity index (χ0n) is 14.2. The van der Waals surface area contributed by atoms with Crippen LogP contribution in [0, 0.1) is 5.82 Å². The molecule has 0 saturated heterocycles. The maximum atomic E-state index is 13.6. The van der Waals surface area contributed by atoms with Crippen LogP contribution >= 0.6 is 23.2 Å². The number of carbonyl (C=O) groups excluding carboxylic acids is 1. The molecule has 0 saturated carbocycles. The number of aryl methyl sites for hydroxylation is 1. The van der Waals surface area contributed by atoms with Crippen LogP contribution in [0.4, 0.5) is 4.39 Å². The number of rotatable bonds is 5. The van der Waals surface area contributed by atoms with Crippen molar-refractivity contribution in [1.29, 1.82) is 0 Å². The molecule has 0 aliphatic rings. The molecule has 1 atom stereocenters. The number of hydrogen-bond acceptors (Lipinski definition) is 5. The molecule has 1 unspecified atom stereocenters. The topological polar surface area (TPSA) is 74.1 Å². The first-order valence-electron chi connectivity index (χ1n) is 8.04. The van der Waals surface area contributed by atoms with Crippen molar-refractivity contribution in [2.24, 2.45) is 0 Å². The number of aromatic nitrogens is 3. The van der Waals surface area contributed by atoms with Crippen LogP contribution in [0.2, 0.25) is 10.0 Å². The fourth-order valence-electron chi connectivity index (χ4n) is 2.60. The molecule has 0 radical (unpaired) electrons. The molecule has 0 aliphatic carbocycles. The highest BCUT2D eigenvalue weighted by atomic mass is 35.5. The Hall–Kier alpha value is -2.51. The molecule has 0 bridgehead atoms. The van der Waals surface area contributed by atoms with Gasteiger partial charge in [0.05, 0.1) is 23.4 Å². The van der Waals surface area contributed by atoms with E-state index < -0.39 is 17.9 Å². The van der Waals surface area contributed by atoms with Crippen LogP contribution < -0.4 is 5.56 Å². The lowest BCUT2D eigenvalue weighted by Gasteiger charge is -2.17. The van der Waals surface area contributed by atoms with Gasteiger partial charge < -0.3 is 4.74 Å². The molecule has 0 spiro atoms. The first-order valence-corrected chi connectivity index (χ1v) is 8.79. The fourth-order valence-corrected chi connectivity index (χ4v) is 3.28. The lowest BCUT2D eigenvalue weighted by Crippen LogP contribution is -2.26. The SMILES string of the molecule is CC(OC(=O)CCn1nnc2ccccc2c1=O)c1c(Cl)ccc(F)c1Cl. The van der Waals surface area contributed by atoms with Gasteiger partial charge in [0.15, 0.2) is 0 Å². The maximum absolute atomic E-state index is 13.6. The third-order valence-electron chi connectivity index (χ3n) is 3.95. The molecule has 0 fully saturated rings. The molecule has 0 amide bonds. The molecule has 3 aromatic rings. The molecule has 27 heavy (non-hydrogen) atoms. The molecule has 6 nitrogen and oxygen atoms in total. The van der Waals surface area contributed by atoms with Gasteiger partial charge in [-0.3, -0.25) is 9.59 Å². The van der Waals surface area contributed by atoms with Gasteiger partial charge in [0.25, 0.3) is 5.56 Å². The molecular weight excluding hydrogens is 396 g/mol. The molecular formula is C18H14Cl2FN3O3. The third kappa shape index (κ3) is 4.09. The minimum Gasteiger partial charge on any atom is -0.458 e. The highest BCUT2D eigenvalue weighted by Crippen LogP contribution is 2.34. The quantitative estimate of drug-likeness (QED) is 0.471. The summed E-state index contributed by atoms with van der Waals surface area (Å²) in [6.45, 7) is 1.53. The maximum Gasteiger partial charge on any atom is 0.308 e. The summed E-state index contributed by atoms with van der Waals surface area (Å²) in [7, 11) is 0. The average molecular weight is 410 g/mol. The minimum absolute atomic E-state index is 0.00711. The predicted octanol–water partition coefficient (Wildman–Crippen LogP) is 3.93. The Bertz CT molecular complexity index is 1070. The number of nitrogens with zero attached hydrogens (tertiary/aromatic N) is 3. The summed E-state index contributed by atoms with van der Waals surface area (Å²) in [5, 5.41) is 8.16. The molecule has 140 valence electrons. The van der Waals surface area contributed by atoms with Crippen LogP contribution in [0.5, 0.6) is 0 Å². The monoisotopic (exact) mass is 409 g/mol. The summed E-state index contributed by atoms with van der Waals surface area (Å²) in [4.78, 5) is 24.5. The Labute approximate surface area is 163 Å². The van der Waals surface area contributed by atoms with Crippen LogP contribution in [0.25, 0.3) is 10.9 Å². The normalized spacial score (nSPS) is 12.1. The van der Waals surface area contributed by atoms with Gasteiger partial charge >= 0.3 is 5.97 Å². The summed E-state index contributed by atoms with van der Waals surface area (Å²) in [5.74, 6) is -1.27. The van der Waals surface area contributed by atoms with Crippen LogP contribution in [0.3, 0.4) is 0 Å². The second-order valence-electron chi connectivity index (χ2n) is 5.77. The van der Waals surface area contributed by atoms with E-state index in [0.717, 1.165) is 10.7 Å². The minimum atomic E-state index is -0.854. The first kappa shape index (κ1) is 19.3. The number of esters is 1. The molecule has 9 heteroatoms. The zero-order chi connectivity index (χ0) is 19.6. The molecule has 1 heterocycles. The van der Waals surface area contributed by atoms with Crippen molar-refractivity contribution in [2.45, 2.75) is 26.0 Å². The van der Waals surface area contributed by atoms with Crippen molar-refractivity contribution < 1.29 is 13.9 Å². The number of benzene rings is 2. The van der Waals surface area contributed by atoms with E-state index in [4.69, 9.17) is 27.9 Å². The second kappa shape index (κ2) is 8.02. The number of fused-ring (bicyclic) bond motifs is 1. The van der Waals surface area contributed by atoms with E-state index in [1.807, 2.05) is 0 Å². The second-order valence-corrected chi connectivity index (χ2v) is 6.56. The van der Waals surface area contributed by atoms with Crippen LogP contribution in [0.1, 0.15) is 25.0 Å². The van der Waals surface area contributed by atoms with Gasteiger partial charge in [-0.1, -0.05) is 40.5 Å². The van der Waals surface area contributed by atoms with Gasteiger partial charge in [0, 0.05) is 10.6 Å². The number of carbonyl (C=O) groups is 1. The van der Waals surface area contributed by atoms with Crippen molar-refractivity contribution in [2.75, 3.05) is 0 Å². The third-order valence-corrected chi connectivity index (χ3v) is 4.66. The van der Waals surface area contributed by atoms with E-state index in [-0.39, 0.29) is 34.1 Å². The Kier molecular flexibility index (Phi) is 5.72. The number of halogens is 3. The predicted molar refractivity (Wildman–Crippen MR) is 99.3 cm³/mol. The average Bonchev–Trinajstić information content (AvgIpc) is 2.65. The summed E-state index contributed by atoms with van der Waals surface area (Å²) in [6, 6.07) is 9.26.